The first-order valence-corrected chi connectivity index (χ1v) is 10.5. The van der Waals surface area contributed by atoms with Crippen LogP contribution in [-0.2, 0) is 28.6 Å². The Labute approximate surface area is 179 Å². The molecule has 1 aromatic rings. The number of ether oxygens (including phenoxy) is 3. The molecule has 1 N–H and O–H groups in total. The molecular formula is C20H25ClO7S. The average molecular weight is 445 g/mol. The van der Waals surface area contributed by atoms with Gasteiger partial charge in [-0.25, -0.2) is 14.4 Å². The first-order valence-electron chi connectivity index (χ1n) is 9.08. The molecule has 1 aromatic carbocycles. The second-order valence-electron chi connectivity index (χ2n) is 5.63. The number of aliphatic hydroxyl groups is 1. The van der Waals surface area contributed by atoms with E-state index < -0.39 is 28.8 Å². The van der Waals surface area contributed by atoms with Crippen LogP contribution in [0.15, 0.2) is 36.4 Å². The van der Waals surface area contributed by atoms with Crippen molar-refractivity contribution < 1.29 is 33.7 Å². The normalized spacial score (nSPS) is 12.4. The molecule has 1 atom stereocenters. The summed E-state index contributed by atoms with van der Waals surface area (Å²) in [7, 11) is 0. The Morgan fingerprint density at radius 2 is 1.55 bits per heavy atom. The number of carbonyl (C=O) groups excluding carboxylic acids is 3. The fraction of sp³-hybridized carbons (Fsp3) is 0.450. The van der Waals surface area contributed by atoms with Gasteiger partial charge in [0.2, 0.25) is 0 Å². The van der Waals surface area contributed by atoms with Gasteiger partial charge in [-0.2, -0.15) is 0 Å². The summed E-state index contributed by atoms with van der Waals surface area (Å²) in [5.74, 6) is -2.53. The zero-order valence-electron chi connectivity index (χ0n) is 16.6. The van der Waals surface area contributed by atoms with Crippen molar-refractivity contribution in [1.29, 1.82) is 0 Å². The molecule has 0 spiro atoms. The number of thioether (sulfide) groups is 1. The van der Waals surface area contributed by atoms with Gasteiger partial charge in [0, 0.05) is 16.9 Å². The Balaban J connectivity index is 3.26. The summed E-state index contributed by atoms with van der Waals surface area (Å²) >= 11 is 7.00. The van der Waals surface area contributed by atoms with Crippen LogP contribution in [0.1, 0.15) is 31.6 Å². The number of hydrogen-bond acceptors (Lipinski definition) is 8. The van der Waals surface area contributed by atoms with Crippen molar-refractivity contribution in [1.82, 2.24) is 0 Å². The molecule has 0 aliphatic heterocycles. The molecule has 1 unspecified atom stereocenters. The molecule has 0 aliphatic carbocycles. The third-order valence-electron chi connectivity index (χ3n) is 3.63. The van der Waals surface area contributed by atoms with Crippen LogP contribution in [0.4, 0.5) is 0 Å². The minimum absolute atomic E-state index is 0.0265. The molecule has 0 bridgehead atoms. The van der Waals surface area contributed by atoms with Gasteiger partial charge < -0.3 is 19.3 Å². The molecule has 0 fully saturated rings. The van der Waals surface area contributed by atoms with Crippen LogP contribution < -0.4 is 0 Å². The lowest BCUT2D eigenvalue weighted by molar-refractivity contribution is -0.183. The van der Waals surface area contributed by atoms with E-state index in [1.54, 1.807) is 45.0 Å². The van der Waals surface area contributed by atoms with Crippen LogP contribution in [0.25, 0.3) is 0 Å². The lowest BCUT2D eigenvalue weighted by atomic mass is 9.93. The monoisotopic (exact) mass is 444 g/mol. The number of hydrogen-bond donors (Lipinski definition) is 1. The molecule has 9 heteroatoms. The van der Waals surface area contributed by atoms with Crippen LogP contribution in [0.2, 0.25) is 5.02 Å². The smallest absolute Gasteiger partial charge is 0.351 e. The molecule has 0 radical (unpaired) electrons. The van der Waals surface area contributed by atoms with Crippen LogP contribution in [0.3, 0.4) is 0 Å². The van der Waals surface area contributed by atoms with E-state index in [0.29, 0.717) is 10.6 Å². The van der Waals surface area contributed by atoms with Gasteiger partial charge in [-0.15, -0.1) is 11.8 Å². The minimum atomic E-state index is -2.58. The minimum Gasteiger partial charge on any atom is -0.463 e. The first kappa shape index (κ1) is 25.0. The molecule has 0 heterocycles. The fourth-order valence-corrected chi connectivity index (χ4v) is 3.67. The van der Waals surface area contributed by atoms with E-state index in [1.807, 2.05) is 0 Å². The summed E-state index contributed by atoms with van der Waals surface area (Å²) in [5.41, 5.74) is -2.12. The van der Waals surface area contributed by atoms with Crippen LogP contribution >= 0.6 is 23.4 Å². The van der Waals surface area contributed by atoms with E-state index in [-0.39, 0.29) is 25.6 Å². The maximum atomic E-state index is 12.6. The standard InChI is InChI=1S/C20H25ClO7S/c1-4-26-16(22)8-7-13-29-17(14-9-11-15(21)12-10-14)20(25,18(23)27-5-2)19(24)28-6-3/h7-12,17,25H,4-6,13H2,1-3H3/b8-7+. The summed E-state index contributed by atoms with van der Waals surface area (Å²) in [6.07, 6.45) is 2.76. The average Bonchev–Trinajstić information content (AvgIpc) is 2.69. The zero-order chi connectivity index (χ0) is 21.9. The number of halogens is 1. The van der Waals surface area contributed by atoms with Gasteiger partial charge in [0.1, 0.15) is 0 Å². The molecule has 160 valence electrons. The highest BCUT2D eigenvalue weighted by Gasteiger charge is 2.54. The lowest BCUT2D eigenvalue weighted by Crippen LogP contribution is -2.52. The maximum absolute atomic E-state index is 12.6. The van der Waals surface area contributed by atoms with E-state index in [0.717, 1.165) is 11.8 Å². The SMILES string of the molecule is CCOC(=O)/C=C/CSC(c1ccc(Cl)cc1)C(O)(C(=O)OCC)C(=O)OCC. The van der Waals surface area contributed by atoms with Gasteiger partial charge in [0.05, 0.1) is 25.1 Å². The lowest BCUT2D eigenvalue weighted by Gasteiger charge is -2.31. The summed E-state index contributed by atoms with van der Waals surface area (Å²) < 4.78 is 14.7. The van der Waals surface area contributed by atoms with E-state index in [2.05, 4.69) is 0 Å². The van der Waals surface area contributed by atoms with E-state index in [4.69, 9.17) is 25.8 Å². The van der Waals surface area contributed by atoms with Crippen LogP contribution in [0, 0.1) is 0 Å². The summed E-state index contributed by atoms with van der Waals surface area (Å²) in [5, 5.41) is 10.6. The predicted molar refractivity (Wildman–Crippen MR) is 111 cm³/mol. The van der Waals surface area contributed by atoms with Gasteiger partial charge >= 0.3 is 17.9 Å². The van der Waals surface area contributed by atoms with Gasteiger partial charge in [0.25, 0.3) is 5.60 Å². The second kappa shape index (κ2) is 12.5. The van der Waals surface area contributed by atoms with Gasteiger partial charge in [0.15, 0.2) is 0 Å². The highest BCUT2D eigenvalue weighted by molar-refractivity contribution is 7.99. The van der Waals surface area contributed by atoms with E-state index >= 15 is 0 Å². The Morgan fingerprint density at radius 1 is 1.03 bits per heavy atom. The third-order valence-corrected chi connectivity index (χ3v) is 5.21. The van der Waals surface area contributed by atoms with Crippen molar-refractivity contribution in [3.63, 3.8) is 0 Å². The van der Waals surface area contributed by atoms with Crippen molar-refractivity contribution in [2.45, 2.75) is 31.6 Å². The second-order valence-corrected chi connectivity index (χ2v) is 7.20. The number of benzene rings is 1. The predicted octanol–water partition coefficient (Wildman–Crippen LogP) is 3.09. The van der Waals surface area contributed by atoms with Crippen molar-refractivity contribution in [3.05, 3.63) is 47.0 Å². The zero-order valence-corrected chi connectivity index (χ0v) is 18.1. The first-order chi connectivity index (χ1) is 13.8. The molecule has 0 saturated heterocycles. The molecular weight excluding hydrogens is 420 g/mol. The van der Waals surface area contributed by atoms with Crippen molar-refractivity contribution >= 4 is 41.3 Å². The topological polar surface area (TPSA) is 99.1 Å². The van der Waals surface area contributed by atoms with E-state index in [1.165, 1.54) is 12.2 Å². The number of rotatable bonds is 11. The number of carbonyl (C=O) groups is 3. The Bertz CT molecular complexity index is 700. The van der Waals surface area contributed by atoms with Crippen molar-refractivity contribution in [2.24, 2.45) is 0 Å². The molecule has 29 heavy (non-hydrogen) atoms. The Kier molecular flexibility index (Phi) is 10.8. The Hall–Kier alpha value is -2.03. The molecule has 0 saturated carbocycles. The molecule has 1 rings (SSSR count). The van der Waals surface area contributed by atoms with Gasteiger partial charge in [-0.1, -0.05) is 29.8 Å². The highest BCUT2D eigenvalue weighted by atomic mass is 35.5. The highest BCUT2D eigenvalue weighted by Crippen LogP contribution is 2.41. The largest absolute Gasteiger partial charge is 0.463 e. The maximum Gasteiger partial charge on any atom is 0.351 e. The third kappa shape index (κ3) is 7.06. The van der Waals surface area contributed by atoms with Gasteiger partial charge in [-0.3, -0.25) is 0 Å². The Morgan fingerprint density at radius 3 is 2.03 bits per heavy atom. The summed E-state index contributed by atoms with van der Waals surface area (Å²) in [4.78, 5) is 36.6. The quantitative estimate of drug-likeness (QED) is 0.240. The van der Waals surface area contributed by atoms with Crippen LogP contribution in [-0.4, -0.2) is 54.2 Å². The van der Waals surface area contributed by atoms with Gasteiger partial charge in [-0.05, 0) is 38.5 Å². The fourth-order valence-electron chi connectivity index (χ4n) is 2.36. The van der Waals surface area contributed by atoms with Crippen molar-refractivity contribution in [3.8, 4) is 0 Å². The van der Waals surface area contributed by atoms with Crippen molar-refractivity contribution in [2.75, 3.05) is 25.6 Å². The molecule has 7 nitrogen and oxygen atoms in total. The summed E-state index contributed by atoms with van der Waals surface area (Å²) in [6, 6.07) is 6.35. The molecule has 0 amide bonds. The molecule has 0 aromatic heterocycles. The number of esters is 3. The van der Waals surface area contributed by atoms with E-state index in [9.17, 15) is 19.5 Å². The van der Waals surface area contributed by atoms with Crippen LogP contribution in [0.5, 0.6) is 0 Å². The molecule has 0 aliphatic rings. The summed E-state index contributed by atoms with van der Waals surface area (Å²) in [6.45, 7) is 5.01.